The number of amides is 2. The first-order valence-corrected chi connectivity index (χ1v) is 8.72. The minimum absolute atomic E-state index is 0.0362. The Morgan fingerprint density at radius 1 is 1.24 bits per heavy atom. The molecule has 2 amide bonds. The number of carboxylic acids is 1. The fraction of sp³-hybridized carbons (Fsp3) is 0.500. The quantitative estimate of drug-likeness (QED) is 0.830. The van der Waals surface area contributed by atoms with E-state index in [2.05, 4.69) is 5.32 Å². The van der Waals surface area contributed by atoms with Crippen LogP contribution in [-0.4, -0.2) is 72.3 Å². The van der Waals surface area contributed by atoms with Crippen molar-refractivity contribution in [2.75, 3.05) is 44.7 Å². The van der Waals surface area contributed by atoms with Crippen LogP contribution in [0.3, 0.4) is 0 Å². The predicted octanol–water partition coefficient (Wildman–Crippen LogP) is 2.24. The fourth-order valence-corrected chi connectivity index (χ4v) is 3.74. The van der Waals surface area contributed by atoms with Gasteiger partial charge in [0.2, 0.25) is 0 Å². The lowest BCUT2D eigenvalue weighted by atomic mass is 10.1. The normalized spacial score (nSPS) is 23.8. The number of anilines is 1. The Hall–Kier alpha value is -1.54. The summed E-state index contributed by atoms with van der Waals surface area (Å²) < 4.78 is 5.65. The van der Waals surface area contributed by atoms with Gasteiger partial charge >= 0.3 is 12.0 Å². The third kappa shape index (κ3) is 4.55. The molecule has 2 aliphatic rings. The van der Waals surface area contributed by atoms with Crippen LogP contribution in [0.2, 0.25) is 10.0 Å². The van der Waals surface area contributed by atoms with Crippen molar-refractivity contribution in [3.05, 3.63) is 28.2 Å². The van der Waals surface area contributed by atoms with E-state index in [1.54, 1.807) is 23.1 Å². The van der Waals surface area contributed by atoms with Crippen molar-refractivity contribution < 1.29 is 19.4 Å². The van der Waals surface area contributed by atoms with Gasteiger partial charge in [-0.3, -0.25) is 9.69 Å². The highest BCUT2D eigenvalue weighted by molar-refractivity contribution is 6.36. The van der Waals surface area contributed by atoms with E-state index in [1.807, 2.05) is 4.90 Å². The summed E-state index contributed by atoms with van der Waals surface area (Å²) in [6.07, 6.45) is 0. The van der Waals surface area contributed by atoms with Gasteiger partial charge in [-0.2, -0.15) is 0 Å². The molecule has 0 aliphatic carbocycles. The first-order valence-electron chi connectivity index (χ1n) is 7.97. The number of nitrogens with zero attached hydrogens (tertiary/aromatic N) is 2. The average molecular weight is 388 g/mol. The number of carboxylic acid groups (broad SMARTS) is 1. The standard InChI is InChI=1S/C16H19Cl2N3O4/c17-11-1-2-14(13(18)3-11)19-16(24)21-5-10-4-20(7-15(22)23)6-12(21)9-25-8-10/h1-3,10,12H,4-9H2,(H,19,24)(H,22,23)/t10-,12-/m0/s1. The second-order valence-electron chi connectivity index (χ2n) is 6.35. The molecule has 2 heterocycles. The third-order valence-corrected chi connectivity index (χ3v) is 4.89. The smallest absolute Gasteiger partial charge is 0.322 e. The average Bonchev–Trinajstić information content (AvgIpc) is 2.80. The number of carbonyl (C=O) groups excluding carboxylic acids is 1. The Morgan fingerprint density at radius 3 is 2.76 bits per heavy atom. The fourth-order valence-electron chi connectivity index (χ4n) is 3.29. The van der Waals surface area contributed by atoms with Gasteiger partial charge in [-0.25, -0.2) is 4.79 Å². The lowest BCUT2D eigenvalue weighted by Gasteiger charge is -2.30. The topological polar surface area (TPSA) is 82.1 Å². The molecule has 2 saturated heterocycles. The zero-order chi connectivity index (χ0) is 18.0. The van der Waals surface area contributed by atoms with Crippen LogP contribution in [0.4, 0.5) is 10.5 Å². The van der Waals surface area contributed by atoms with Crippen LogP contribution in [0.5, 0.6) is 0 Å². The lowest BCUT2D eigenvalue weighted by molar-refractivity contribution is -0.138. The number of ether oxygens (including phenoxy) is 1. The van der Waals surface area contributed by atoms with Gasteiger partial charge in [-0.15, -0.1) is 0 Å². The van der Waals surface area contributed by atoms with E-state index >= 15 is 0 Å². The molecule has 1 aromatic rings. The minimum atomic E-state index is -0.871. The van der Waals surface area contributed by atoms with Gasteiger partial charge in [-0.05, 0) is 18.2 Å². The summed E-state index contributed by atoms with van der Waals surface area (Å²) in [6.45, 7) is 2.43. The highest BCUT2D eigenvalue weighted by Crippen LogP contribution is 2.27. The van der Waals surface area contributed by atoms with Crippen LogP contribution < -0.4 is 5.32 Å². The second kappa shape index (κ2) is 7.78. The van der Waals surface area contributed by atoms with Gasteiger partial charge in [-0.1, -0.05) is 23.2 Å². The van der Waals surface area contributed by atoms with E-state index in [0.29, 0.717) is 48.6 Å². The molecule has 3 rings (SSSR count). The summed E-state index contributed by atoms with van der Waals surface area (Å²) in [5.74, 6) is -0.803. The summed E-state index contributed by atoms with van der Waals surface area (Å²) in [6, 6.07) is 4.39. The molecule has 7 nitrogen and oxygen atoms in total. The van der Waals surface area contributed by atoms with E-state index < -0.39 is 5.97 Å². The highest BCUT2D eigenvalue weighted by atomic mass is 35.5. The van der Waals surface area contributed by atoms with Crippen molar-refractivity contribution >= 4 is 40.9 Å². The molecular formula is C16H19Cl2N3O4. The summed E-state index contributed by atoms with van der Waals surface area (Å²) in [5.41, 5.74) is 0.484. The number of carbonyl (C=O) groups is 2. The molecule has 2 bridgehead atoms. The molecular weight excluding hydrogens is 369 g/mol. The third-order valence-electron chi connectivity index (χ3n) is 4.34. The van der Waals surface area contributed by atoms with Crippen LogP contribution in [0.15, 0.2) is 18.2 Å². The molecule has 1 aromatic carbocycles. The number of fused-ring (bicyclic) bond motifs is 3. The molecule has 0 unspecified atom stereocenters. The first-order chi connectivity index (χ1) is 11.9. The maximum absolute atomic E-state index is 12.8. The zero-order valence-corrected chi connectivity index (χ0v) is 15.0. The Bertz CT molecular complexity index is 673. The predicted molar refractivity (Wildman–Crippen MR) is 94.4 cm³/mol. The molecule has 2 aliphatic heterocycles. The van der Waals surface area contributed by atoms with Crippen molar-refractivity contribution in [2.45, 2.75) is 6.04 Å². The van der Waals surface area contributed by atoms with Gasteiger partial charge in [0.15, 0.2) is 0 Å². The Kier molecular flexibility index (Phi) is 5.68. The number of rotatable bonds is 3. The van der Waals surface area contributed by atoms with Crippen LogP contribution in [0.25, 0.3) is 0 Å². The van der Waals surface area contributed by atoms with E-state index in [4.69, 9.17) is 33.0 Å². The molecule has 0 aromatic heterocycles. The molecule has 9 heteroatoms. The van der Waals surface area contributed by atoms with Crippen molar-refractivity contribution in [1.29, 1.82) is 0 Å². The van der Waals surface area contributed by atoms with Gasteiger partial charge < -0.3 is 20.1 Å². The SMILES string of the molecule is O=C(O)CN1C[C@@H]2COC[C@H](C1)N(C(=O)Nc1ccc(Cl)cc1Cl)C2. The maximum atomic E-state index is 12.8. The highest BCUT2D eigenvalue weighted by Gasteiger charge is 2.36. The van der Waals surface area contributed by atoms with Crippen LogP contribution >= 0.6 is 23.2 Å². The van der Waals surface area contributed by atoms with Crippen molar-refractivity contribution in [3.63, 3.8) is 0 Å². The van der Waals surface area contributed by atoms with E-state index in [0.717, 1.165) is 0 Å². The lowest BCUT2D eigenvalue weighted by Crippen LogP contribution is -2.48. The Labute approximate surface area is 155 Å². The van der Waals surface area contributed by atoms with Gasteiger partial charge in [0.05, 0.1) is 36.5 Å². The molecule has 2 fully saturated rings. The summed E-state index contributed by atoms with van der Waals surface area (Å²) in [5, 5.41) is 12.7. The van der Waals surface area contributed by atoms with E-state index in [-0.39, 0.29) is 24.5 Å². The molecule has 136 valence electrons. The van der Waals surface area contributed by atoms with E-state index in [1.165, 1.54) is 0 Å². The zero-order valence-electron chi connectivity index (χ0n) is 13.5. The monoisotopic (exact) mass is 387 g/mol. The van der Waals surface area contributed by atoms with Crippen molar-refractivity contribution in [1.82, 2.24) is 9.80 Å². The van der Waals surface area contributed by atoms with Crippen LogP contribution in [-0.2, 0) is 9.53 Å². The molecule has 0 spiro atoms. The number of hydrogen-bond donors (Lipinski definition) is 2. The maximum Gasteiger partial charge on any atom is 0.322 e. The largest absolute Gasteiger partial charge is 0.480 e. The van der Waals surface area contributed by atoms with E-state index in [9.17, 15) is 9.59 Å². The number of urea groups is 1. The summed E-state index contributed by atoms with van der Waals surface area (Å²) in [4.78, 5) is 27.4. The Morgan fingerprint density at radius 2 is 2.04 bits per heavy atom. The van der Waals surface area contributed by atoms with Crippen LogP contribution in [0.1, 0.15) is 0 Å². The number of aliphatic carboxylic acids is 1. The molecule has 2 N–H and O–H groups in total. The van der Waals surface area contributed by atoms with Gasteiger partial charge in [0, 0.05) is 30.6 Å². The molecule has 0 radical (unpaired) electrons. The van der Waals surface area contributed by atoms with Crippen molar-refractivity contribution in [3.8, 4) is 0 Å². The molecule has 0 saturated carbocycles. The number of nitrogens with one attached hydrogen (secondary N) is 1. The second-order valence-corrected chi connectivity index (χ2v) is 7.20. The molecule has 2 atom stereocenters. The number of hydrogen-bond acceptors (Lipinski definition) is 4. The summed E-state index contributed by atoms with van der Waals surface area (Å²) in [7, 11) is 0. The number of halogens is 2. The van der Waals surface area contributed by atoms with Crippen LogP contribution in [0, 0.1) is 5.92 Å². The van der Waals surface area contributed by atoms with Gasteiger partial charge in [0.1, 0.15) is 0 Å². The number of benzene rings is 1. The summed E-state index contributed by atoms with van der Waals surface area (Å²) >= 11 is 12.0. The Balaban J connectivity index is 1.74. The first kappa shape index (κ1) is 18.3. The van der Waals surface area contributed by atoms with Crippen molar-refractivity contribution in [2.24, 2.45) is 5.92 Å². The minimum Gasteiger partial charge on any atom is -0.480 e. The van der Waals surface area contributed by atoms with Gasteiger partial charge in [0.25, 0.3) is 0 Å². The molecule has 25 heavy (non-hydrogen) atoms.